The van der Waals surface area contributed by atoms with Crippen LogP contribution in [0.3, 0.4) is 0 Å². The molecule has 1 heterocycles. The van der Waals surface area contributed by atoms with E-state index in [2.05, 4.69) is 21.2 Å². The van der Waals surface area contributed by atoms with Crippen LogP contribution in [-0.2, 0) is 16.2 Å². The van der Waals surface area contributed by atoms with Crippen molar-refractivity contribution in [2.75, 3.05) is 4.90 Å². The van der Waals surface area contributed by atoms with E-state index in [-0.39, 0.29) is 17.9 Å². The number of non-ortho nitro benzene ring substituents is 1. The molecule has 4 amide bonds. The molecule has 3 aromatic rings. The Morgan fingerprint density at radius 2 is 1.80 bits per heavy atom. The van der Waals surface area contributed by atoms with Crippen LogP contribution in [0.4, 0.5) is 16.2 Å². The molecule has 176 valence electrons. The third kappa shape index (κ3) is 5.28. The summed E-state index contributed by atoms with van der Waals surface area (Å²) >= 11 is 3.42. The van der Waals surface area contributed by atoms with Crippen LogP contribution in [0.2, 0.25) is 0 Å². The second kappa shape index (κ2) is 9.90. The average molecular weight is 536 g/mol. The molecule has 0 atom stereocenters. The summed E-state index contributed by atoms with van der Waals surface area (Å²) in [6.45, 7) is 2.02. The predicted molar refractivity (Wildman–Crippen MR) is 132 cm³/mol. The molecule has 4 rings (SSSR count). The summed E-state index contributed by atoms with van der Waals surface area (Å²) in [6, 6.07) is 17.1. The number of nitro benzene ring substituents is 1. The van der Waals surface area contributed by atoms with Crippen molar-refractivity contribution in [2.45, 2.75) is 13.5 Å². The van der Waals surface area contributed by atoms with Gasteiger partial charge in [0.1, 0.15) is 17.9 Å². The molecule has 0 saturated carbocycles. The van der Waals surface area contributed by atoms with Gasteiger partial charge in [-0.15, -0.1) is 0 Å². The van der Waals surface area contributed by atoms with Gasteiger partial charge in [-0.1, -0.05) is 18.2 Å². The zero-order valence-corrected chi connectivity index (χ0v) is 19.9. The zero-order valence-electron chi connectivity index (χ0n) is 18.4. The van der Waals surface area contributed by atoms with Crippen LogP contribution in [0.15, 0.2) is 76.8 Å². The SMILES string of the molecule is Cc1cccc(N2C(=O)NC(=O)/C(=C\c3ccc(OCc4ccc([N+](=O)[O-])cc4)c(Br)c3)C2=O)c1. The first kappa shape index (κ1) is 23.8. The van der Waals surface area contributed by atoms with Crippen LogP contribution < -0.4 is 15.0 Å². The van der Waals surface area contributed by atoms with Gasteiger partial charge in [-0.05, 0) is 82.0 Å². The maximum Gasteiger partial charge on any atom is 0.335 e. The molecule has 1 N–H and O–H groups in total. The van der Waals surface area contributed by atoms with Crippen molar-refractivity contribution in [1.29, 1.82) is 0 Å². The van der Waals surface area contributed by atoms with E-state index in [0.29, 0.717) is 21.5 Å². The second-order valence-corrected chi connectivity index (χ2v) is 8.55. The van der Waals surface area contributed by atoms with Gasteiger partial charge in [0.2, 0.25) is 0 Å². The van der Waals surface area contributed by atoms with Crippen LogP contribution in [-0.4, -0.2) is 22.8 Å². The number of hydrogen-bond acceptors (Lipinski definition) is 6. The Hall–Kier alpha value is -4.31. The number of anilines is 1. The number of halogens is 1. The molecule has 0 aliphatic carbocycles. The smallest absolute Gasteiger partial charge is 0.335 e. The summed E-state index contributed by atoms with van der Waals surface area (Å²) in [4.78, 5) is 49.0. The largest absolute Gasteiger partial charge is 0.488 e. The lowest BCUT2D eigenvalue weighted by Crippen LogP contribution is -2.54. The van der Waals surface area contributed by atoms with E-state index in [1.54, 1.807) is 48.5 Å². The summed E-state index contributed by atoms with van der Waals surface area (Å²) in [5, 5.41) is 13.0. The average Bonchev–Trinajstić information content (AvgIpc) is 2.81. The molecule has 9 nitrogen and oxygen atoms in total. The third-order valence-corrected chi connectivity index (χ3v) is 5.79. The van der Waals surface area contributed by atoms with E-state index >= 15 is 0 Å². The zero-order chi connectivity index (χ0) is 25.1. The molecule has 1 aliphatic rings. The van der Waals surface area contributed by atoms with Crippen molar-refractivity contribution in [3.05, 3.63) is 104 Å². The molecule has 0 aromatic heterocycles. The number of benzene rings is 3. The van der Waals surface area contributed by atoms with Crippen molar-refractivity contribution in [3.63, 3.8) is 0 Å². The van der Waals surface area contributed by atoms with E-state index in [1.807, 2.05) is 13.0 Å². The first-order chi connectivity index (χ1) is 16.7. The quantitative estimate of drug-likeness (QED) is 0.207. The normalized spacial score (nSPS) is 14.7. The standard InChI is InChI=1S/C25H18BrN3O6/c1-15-3-2-4-19(11-15)28-24(31)20(23(30)27-25(28)32)12-17-7-10-22(21(26)13-17)35-14-16-5-8-18(9-6-16)29(33)34/h2-13H,14H2,1H3,(H,27,30,32)/b20-12+. The molecule has 0 unspecified atom stereocenters. The lowest BCUT2D eigenvalue weighted by atomic mass is 10.1. The lowest BCUT2D eigenvalue weighted by molar-refractivity contribution is -0.384. The van der Waals surface area contributed by atoms with E-state index in [9.17, 15) is 24.5 Å². The van der Waals surface area contributed by atoms with Crippen LogP contribution in [0.5, 0.6) is 5.75 Å². The number of ether oxygens (including phenoxy) is 1. The Balaban J connectivity index is 1.53. The van der Waals surface area contributed by atoms with Gasteiger partial charge in [0, 0.05) is 12.1 Å². The fourth-order valence-electron chi connectivity index (χ4n) is 3.42. The summed E-state index contributed by atoms with van der Waals surface area (Å²) in [5.41, 5.74) is 2.32. The number of nitrogens with one attached hydrogen (secondary N) is 1. The Labute approximate surface area is 208 Å². The molecular formula is C25H18BrN3O6. The van der Waals surface area contributed by atoms with Crippen LogP contribution in [0.1, 0.15) is 16.7 Å². The van der Waals surface area contributed by atoms with Crippen molar-refractivity contribution >= 4 is 51.2 Å². The summed E-state index contributed by atoms with van der Waals surface area (Å²) in [5.74, 6) is -1.00. The number of imide groups is 2. The minimum atomic E-state index is -0.807. The number of rotatable bonds is 6. The molecular weight excluding hydrogens is 518 g/mol. The Bertz CT molecular complexity index is 1380. The number of aryl methyl sites for hydroxylation is 1. The number of nitro groups is 1. The number of nitrogens with zero attached hydrogens (tertiary/aromatic N) is 2. The molecule has 10 heteroatoms. The predicted octanol–water partition coefficient (Wildman–Crippen LogP) is 4.91. The Kier molecular flexibility index (Phi) is 6.74. The topological polar surface area (TPSA) is 119 Å². The maximum atomic E-state index is 13.0. The summed E-state index contributed by atoms with van der Waals surface area (Å²) in [7, 11) is 0. The van der Waals surface area contributed by atoms with E-state index in [4.69, 9.17) is 4.74 Å². The fraction of sp³-hybridized carbons (Fsp3) is 0.0800. The second-order valence-electron chi connectivity index (χ2n) is 7.70. The van der Waals surface area contributed by atoms with Crippen molar-refractivity contribution < 1.29 is 24.0 Å². The van der Waals surface area contributed by atoms with Gasteiger partial charge >= 0.3 is 6.03 Å². The number of barbiturate groups is 1. The fourth-order valence-corrected chi connectivity index (χ4v) is 3.94. The molecule has 3 aromatic carbocycles. The highest BCUT2D eigenvalue weighted by Crippen LogP contribution is 2.29. The van der Waals surface area contributed by atoms with Gasteiger partial charge in [-0.25, -0.2) is 9.69 Å². The minimum absolute atomic E-state index is 0.00344. The number of hydrogen-bond donors (Lipinski definition) is 1. The molecule has 0 radical (unpaired) electrons. The first-order valence-electron chi connectivity index (χ1n) is 10.4. The van der Waals surface area contributed by atoms with E-state index < -0.39 is 22.8 Å². The number of carbonyl (C=O) groups is 3. The van der Waals surface area contributed by atoms with Crippen molar-refractivity contribution in [2.24, 2.45) is 0 Å². The van der Waals surface area contributed by atoms with Crippen molar-refractivity contribution in [1.82, 2.24) is 5.32 Å². The molecule has 1 aliphatic heterocycles. The first-order valence-corrected chi connectivity index (χ1v) is 11.2. The van der Waals surface area contributed by atoms with Crippen molar-refractivity contribution in [3.8, 4) is 5.75 Å². The molecule has 0 spiro atoms. The lowest BCUT2D eigenvalue weighted by Gasteiger charge is -2.26. The van der Waals surface area contributed by atoms with Crippen LogP contribution in [0.25, 0.3) is 6.08 Å². The van der Waals surface area contributed by atoms with Gasteiger partial charge in [0.25, 0.3) is 17.5 Å². The van der Waals surface area contributed by atoms with Gasteiger partial charge < -0.3 is 4.74 Å². The highest BCUT2D eigenvalue weighted by Gasteiger charge is 2.36. The molecule has 1 fully saturated rings. The number of amides is 4. The summed E-state index contributed by atoms with van der Waals surface area (Å²) in [6.07, 6.45) is 1.40. The van der Waals surface area contributed by atoms with Gasteiger partial charge in [0.15, 0.2) is 0 Å². The van der Waals surface area contributed by atoms with Gasteiger partial charge in [-0.2, -0.15) is 0 Å². The highest BCUT2D eigenvalue weighted by atomic mass is 79.9. The Morgan fingerprint density at radius 3 is 2.46 bits per heavy atom. The van der Waals surface area contributed by atoms with Crippen LogP contribution >= 0.6 is 15.9 Å². The van der Waals surface area contributed by atoms with E-state index in [0.717, 1.165) is 16.0 Å². The van der Waals surface area contributed by atoms with Gasteiger partial charge in [0.05, 0.1) is 15.1 Å². The highest BCUT2D eigenvalue weighted by molar-refractivity contribution is 9.10. The molecule has 1 saturated heterocycles. The molecule has 0 bridgehead atoms. The van der Waals surface area contributed by atoms with Crippen LogP contribution in [0, 0.1) is 17.0 Å². The third-order valence-electron chi connectivity index (χ3n) is 5.17. The van der Waals surface area contributed by atoms with E-state index in [1.165, 1.54) is 18.2 Å². The monoisotopic (exact) mass is 535 g/mol. The van der Waals surface area contributed by atoms with Gasteiger partial charge in [-0.3, -0.25) is 25.0 Å². The number of urea groups is 1. The minimum Gasteiger partial charge on any atom is -0.488 e. The Morgan fingerprint density at radius 1 is 1.06 bits per heavy atom. The molecule has 35 heavy (non-hydrogen) atoms. The number of carbonyl (C=O) groups excluding carboxylic acids is 3. The summed E-state index contributed by atoms with van der Waals surface area (Å²) < 4.78 is 6.35. The maximum absolute atomic E-state index is 13.0.